The van der Waals surface area contributed by atoms with Crippen LogP contribution in [0.2, 0.25) is 0 Å². The lowest BCUT2D eigenvalue weighted by molar-refractivity contribution is -0.143. The lowest BCUT2D eigenvalue weighted by atomic mass is 10.1. The fraction of sp³-hybridized carbons (Fsp3) is 0.375. The lowest BCUT2D eigenvalue weighted by Gasteiger charge is -2.18. The Bertz CT molecular complexity index is 578. The van der Waals surface area contributed by atoms with Crippen LogP contribution in [-0.4, -0.2) is 22.6 Å². The summed E-state index contributed by atoms with van der Waals surface area (Å²) in [5.74, 6) is -0.295. The van der Waals surface area contributed by atoms with Gasteiger partial charge in [0.25, 0.3) is 0 Å². The molecule has 0 aliphatic rings. The highest BCUT2D eigenvalue weighted by Crippen LogP contribution is 2.16. The molecule has 1 unspecified atom stereocenters. The first-order chi connectivity index (χ1) is 10.1. The molecule has 5 heteroatoms. The average molecular weight is 287 g/mol. The van der Waals surface area contributed by atoms with Crippen LogP contribution in [0, 0.1) is 0 Å². The number of ether oxygens (including phenoxy) is 1. The Hall–Kier alpha value is -2.14. The minimum absolute atomic E-state index is 0.295. The van der Waals surface area contributed by atoms with Crippen LogP contribution in [0.25, 0.3) is 0 Å². The standard InChI is InChI=1S/C16H21N3O2/c1-12(2)19-11-17-9-14(19)10-18-15(16(20)21-3)13-7-5-4-6-8-13/h4-9,11-12,15,18H,10H2,1-3H3. The molecule has 0 amide bonds. The summed E-state index contributed by atoms with van der Waals surface area (Å²) in [4.78, 5) is 16.1. The zero-order valence-electron chi connectivity index (χ0n) is 12.6. The van der Waals surface area contributed by atoms with Crippen molar-refractivity contribution in [1.29, 1.82) is 0 Å². The van der Waals surface area contributed by atoms with Crippen LogP contribution in [0.3, 0.4) is 0 Å². The fourth-order valence-electron chi connectivity index (χ4n) is 2.24. The average Bonchev–Trinajstić information content (AvgIpc) is 2.97. The predicted octanol–water partition coefficient (Wildman–Crippen LogP) is 2.47. The van der Waals surface area contributed by atoms with Gasteiger partial charge in [-0.3, -0.25) is 5.32 Å². The Kier molecular flexibility index (Phi) is 5.11. The Morgan fingerprint density at radius 3 is 2.67 bits per heavy atom. The number of aromatic nitrogens is 2. The monoisotopic (exact) mass is 287 g/mol. The van der Waals surface area contributed by atoms with Crippen molar-refractivity contribution in [3.8, 4) is 0 Å². The number of carbonyl (C=O) groups excluding carboxylic acids is 1. The van der Waals surface area contributed by atoms with Crippen LogP contribution in [0.15, 0.2) is 42.9 Å². The van der Waals surface area contributed by atoms with E-state index < -0.39 is 6.04 Å². The molecule has 0 saturated heterocycles. The summed E-state index contributed by atoms with van der Waals surface area (Å²) < 4.78 is 6.97. The maximum absolute atomic E-state index is 12.0. The summed E-state index contributed by atoms with van der Waals surface area (Å²) in [6.45, 7) is 4.74. The van der Waals surface area contributed by atoms with Gasteiger partial charge in [0.15, 0.2) is 0 Å². The molecular weight excluding hydrogens is 266 g/mol. The molecule has 112 valence electrons. The lowest BCUT2D eigenvalue weighted by Crippen LogP contribution is -2.30. The molecule has 0 radical (unpaired) electrons. The summed E-state index contributed by atoms with van der Waals surface area (Å²) in [6.07, 6.45) is 3.61. The first-order valence-electron chi connectivity index (χ1n) is 7.00. The molecule has 1 aromatic carbocycles. The van der Waals surface area contributed by atoms with Gasteiger partial charge in [0.05, 0.1) is 19.1 Å². The molecule has 1 aromatic heterocycles. The van der Waals surface area contributed by atoms with E-state index in [0.717, 1.165) is 11.3 Å². The van der Waals surface area contributed by atoms with Crippen LogP contribution in [0.5, 0.6) is 0 Å². The second-order valence-electron chi connectivity index (χ2n) is 5.13. The highest BCUT2D eigenvalue weighted by Gasteiger charge is 2.21. The molecule has 1 N–H and O–H groups in total. The van der Waals surface area contributed by atoms with Crippen LogP contribution in [-0.2, 0) is 16.1 Å². The van der Waals surface area contributed by atoms with Gasteiger partial charge in [0.1, 0.15) is 6.04 Å². The molecule has 1 heterocycles. The quantitative estimate of drug-likeness (QED) is 0.829. The summed E-state index contributed by atoms with van der Waals surface area (Å²) in [7, 11) is 1.40. The van der Waals surface area contributed by atoms with Crippen molar-refractivity contribution >= 4 is 5.97 Å². The Balaban J connectivity index is 2.13. The maximum Gasteiger partial charge on any atom is 0.327 e. The number of nitrogens with zero attached hydrogens (tertiary/aromatic N) is 2. The first kappa shape index (κ1) is 15.3. The summed E-state index contributed by atoms with van der Waals surface area (Å²) in [5, 5.41) is 3.25. The molecular formula is C16H21N3O2. The third kappa shape index (κ3) is 3.70. The van der Waals surface area contributed by atoms with E-state index in [-0.39, 0.29) is 5.97 Å². The SMILES string of the molecule is COC(=O)C(NCc1cncn1C(C)C)c1ccccc1. The Morgan fingerprint density at radius 2 is 2.05 bits per heavy atom. The fourth-order valence-corrected chi connectivity index (χ4v) is 2.24. The number of nitrogens with one attached hydrogen (secondary N) is 1. The summed E-state index contributed by atoms with van der Waals surface area (Å²) in [5.41, 5.74) is 1.93. The van der Waals surface area contributed by atoms with Crippen LogP contribution >= 0.6 is 0 Å². The van der Waals surface area contributed by atoms with Gasteiger partial charge in [-0.25, -0.2) is 9.78 Å². The van der Waals surface area contributed by atoms with E-state index in [9.17, 15) is 4.79 Å². The zero-order valence-corrected chi connectivity index (χ0v) is 12.6. The zero-order chi connectivity index (χ0) is 15.2. The minimum atomic E-state index is -0.480. The highest BCUT2D eigenvalue weighted by molar-refractivity contribution is 5.77. The Morgan fingerprint density at radius 1 is 1.33 bits per heavy atom. The molecule has 1 atom stereocenters. The smallest absolute Gasteiger partial charge is 0.327 e. The molecule has 0 aliphatic carbocycles. The molecule has 21 heavy (non-hydrogen) atoms. The molecule has 0 saturated carbocycles. The molecule has 2 rings (SSSR count). The van der Waals surface area contributed by atoms with Crippen molar-refractivity contribution in [1.82, 2.24) is 14.9 Å². The number of benzene rings is 1. The van der Waals surface area contributed by atoms with Gasteiger partial charge in [-0.05, 0) is 19.4 Å². The van der Waals surface area contributed by atoms with E-state index in [4.69, 9.17) is 4.74 Å². The molecule has 2 aromatic rings. The molecule has 0 aliphatic heterocycles. The van der Waals surface area contributed by atoms with Crippen molar-refractivity contribution in [3.63, 3.8) is 0 Å². The van der Waals surface area contributed by atoms with Gasteiger partial charge in [-0.1, -0.05) is 30.3 Å². The topological polar surface area (TPSA) is 56.1 Å². The number of rotatable bonds is 6. The van der Waals surface area contributed by atoms with Gasteiger partial charge in [0.2, 0.25) is 0 Å². The van der Waals surface area contributed by atoms with E-state index >= 15 is 0 Å². The van der Waals surface area contributed by atoms with Crippen LogP contribution in [0.1, 0.15) is 37.2 Å². The van der Waals surface area contributed by atoms with E-state index in [1.54, 1.807) is 6.33 Å². The van der Waals surface area contributed by atoms with Gasteiger partial charge in [-0.2, -0.15) is 0 Å². The first-order valence-corrected chi connectivity index (χ1v) is 7.00. The predicted molar refractivity (Wildman–Crippen MR) is 80.7 cm³/mol. The van der Waals surface area contributed by atoms with E-state index in [1.165, 1.54) is 7.11 Å². The highest BCUT2D eigenvalue weighted by atomic mass is 16.5. The van der Waals surface area contributed by atoms with Gasteiger partial charge >= 0.3 is 5.97 Å². The van der Waals surface area contributed by atoms with Crippen molar-refractivity contribution in [2.24, 2.45) is 0 Å². The van der Waals surface area contributed by atoms with Gasteiger partial charge < -0.3 is 9.30 Å². The van der Waals surface area contributed by atoms with E-state index in [0.29, 0.717) is 12.6 Å². The molecule has 0 spiro atoms. The molecule has 5 nitrogen and oxygen atoms in total. The van der Waals surface area contributed by atoms with Crippen molar-refractivity contribution < 1.29 is 9.53 Å². The van der Waals surface area contributed by atoms with E-state index in [1.807, 2.05) is 36.5 Å². The second kappa shape index (κ2) is 7.04. The number of hydrogen-bond acceptors (Lipinski definition) is 4. The number of carbonyl (C=O) groups is 1. The third-order valence-electron chi connectivity index (χ3n) is 3.36. The largest absolute Gasteiger partial charge is 0.468 e. The number of hydrogen-bond donors (Lipinski definition) is 1. The van der Waals surface area contributed by atoms with Crippen LogP contribution in [0.4, 0.5) is 0 Å². The number of esters is 1. The number of imidazole rings is 1. The van der Waals surface area contributed by atoms with Gasteiger partial charge in [0, 0.05) is 18.8 Å². The Labute approximate surface area is 125 Å². The van der Waals surface area contributed by atoms with Crippen LogP contribution < -0.4 is 5.32 Å². The van der Waals surface area contributed by atoms with Gasteiger partial charge in [-0.15, -0.1) is 0 Å². The van der Waals surface area contributed by atoms with Crippen molar-refractivity contribution in [2.75, 3.05) is 7.11 Å². The molecule has 0 bridgehead atoms. The van der Waals surface area contributed by atoms with Crippen molar-refractivity contribution in [3.05, 3.63) is 54.1 Å². The molecule has 0 fully saturated rings. The third-order valence-corrected chi connectivity index (χ3v) is 3.36. The second-order valence-corrected chi connectivity index (χ2v) is 5.13. The van der Waals surface area contributed by atoms with E-state index in [2.05, 4.69) is 28.7 Å². The normalized spacial score (nSPS) is 12.4. The maximum atomic E-state index is 12.0. The number of methoxy groups -OCH3 is 1. The summed E-state index contributed by atoms with van der Waals surface area (Å²) in [6, 6.07) is 9.41. The van der Waals surface area contributed by atoms with Crippen molar-refractivity contribution in [2.45, 2.75) is 32.5 Å². The summed E-state index contributed by atoms with van der Waals surface area (Å²) >= 11 is 0. The minimum Gasteiger partial charge on any atom is -0.468 e.